The van der Waals surface area contributed by atoms with Crippen LogP contribution < -0.4 is 17.4 Å². The van der Waals surface area contributed by atoms with E-state index in [0.717, 1.165) is 11.6 Å². The van der Waals surface area contributed by atoms with Gasteiger partial charge >= 0.3 is 0 Å². The highest BCUT2D eigenvalue weighted by molar-refractivity contribution is 6.09. The maximum absolute atomic E-state index is 8.81. The second-order valence-corrected chi connectivity index (χ2v) is 4.22. The van der Waals surface area contributed by atoms with Crippen LogP contribution in [0, 0.1) is 5.92 Å². The Morgan fingerprint density at radius 3 is 2.05 bits per heavy atom. The Bertz CT molecular complexity index is 311. The predicted molar refractivity (Wildman–Crippen MR) is 83.3 cm³/mol. The lowest BCUT2D eigenvalue weighted by atomic mass is 9.89. The van der Waals surface area contributed by atoms with Crippen LogP contribution in [0.5, 0.6) is 0 Å². The molecule has 0 atom stereocenters. The molecule has 1 rings (SSSR count). The number of hydrazine groups is 1. The quantitative estimate of drug-likeness (QED) is 0.239. The van der Waals surface area contributed by atoms with Crippen molar-refractivity contribution in [3.05, 3.63) is 36.1 Å². The molecule has 0 aromatic heterocycles. The van der Waals surface area contributed by atoms with Crippen molar-refractivity contribution in [3.63, 3.8) is 0 Å². The van der Waals surface area contributed by atoms with Gasteiger partial charge in [-0.15, -0.1) is 0 Å². The van der Waals surface area contributed by atoms with E-state index in [1.54, 1.807) is 0 Å². The Balaban J connectivity index is 0. The van der Waals surface area contributed by atoms with Gasteiger partial charge < -0.3 is 5.73 Å². The molecule has 1 aliphatic carbocycles. The molecular weight excluding hydrogens is 254 g/mol. The van der Waals surface area contributed by atoms with Crippen molar-refractivity contribution < 1.29 is 9.59 Å². The van der Waals surface area contributed by atoms with E-state index in [2.05, 4.69) is 23.8 Å². The molecule has 5 heteroatoms. The molecule has 0 saturated heterocycles. The largest absolute Gasteiger partial charge is 0.399 e. The minimum atomic E-state index is 0.194. The monoisotopic (exact) mass is 281 g/mol. The van der Waals surface area contributed by atoms with Crippen LogP contribution in [0.25, 0.3) is 0 Å². The van der Waals surface area contributed by atoms with Crippen molar-refractivity contribution in [1.82, 2.24) is 0 Å². The Labute approximate surface area is 121 Å². The first-order valence-electron chi connectivity index (χ1n) is 6.73. The fourth-order valence-electron chi connectivity index (χ4n) is 1.90. The molecule has 0 bridgehead atoms. The van der Waals surface area contributed by atoms with Crippen LogP contribution in [-0.4, -0.2) is 12.6 Å². The Hall–Kier alpha value is -1.72. The summed E-state index contributed by atoms with van der Waals surface area (Å²) >= 11 is 0. The second-order valence-electron chi connectivity index (χ2n) is 4.22. The number of rotatable bonds is 4. The SMILES string of the molecule is C\C=C/C(N)=C\C=C\C1CCCCC1.NN.O=CC=O. The Morgan fingerprint density at radius 1 is 1.05 bits per heavy atom. The lowest BCUT2D eigenvalue weighted by Gasteiger charge is -2.17. The average Bonchev–Trinajstić information content (AvgIpc) is 2.51. The number of carbonyl (C=O) groups is 2. The van der Waals surface area contributed by atoms with Gasteiger partial charge in [-0.25, -0.2) is 0 Å². The minimum absolute atomic E-state index is 0.194. The molecule has 5 nitrogen and oxygen atoms in total. The number of hydrogen-bond acceptors (Lipinski definition) is 5. The van der Waals surface area contributed by atoms with Gasteiger partial charge in [0.1, 0.15) is 0 Å². The normalized spacial score (nSPS) is 16.1. The van der Waals surface area contributed by atoms with E-state index in [4.69, 9.17) is 15.3 Å². The Kier molecular flexibility index (Phi) is 17.8. The molecule has 20 heavy (non-hydrogen) atoms. The van der Waals surface area contributed by atoms with Gasteiger partial charge in [0.15, 0.2) is 12.6 Å². The summed E-state index contributed by atoms with van der Waals surface area (Å²) < 4.78 is 0. The van der Waals surface area contributed by atoms with E-state index in [9.17, 15) is 0 Å². The second kappa shape index (κ2) is 17.3. The van der Waals surface area contributed by atoms with E-state index in [0.29, 0.717) is 0 Å². The summed E-state index contributed by atoms with van der Waals surface area (Å²) in [6.45, 7) is 1.98. The van der Waals surface area contributed by atoms with Gasteiger partial charge in [-0.2, -0.15) is 0 Å². The fraction of sp³-hybridized carbons (Fsp3) is 0.467. The summed E-state index contributed by atoms with van der Waals surface area (Å²) in [7, 11) is 0. The molecule has 0 spiro atoms. The fourth-order valence-corrected chi connectivity index (χ4v) is 1.90. The topological polar surface area (TPSA) is 112 Å². The van der Waals surface area contributed by atoms with Crippen LogP contribution in [0.2, 0.25) is 0 Å². The predicted octanol–water partition coefficient (Wildman–Crippen LogP) is 1.74. The zero-order valence-electron chi connectivity index (χ0n) is 12.2. The maximum atomic E-state index is 8.81. The molecule has 0 amide bonds. The summed E-state index contributed by atoms with van der Waals surface area (Å²) in [5, 5.41) is 0. The van der Waals surface area contributed by atoms with E-state index in [1.165, 1.54) is 32.1 Å². The molecule has 0 heterocycles. The van der Waals surface area contributed by atoms with Crippen LogP contribution in [0.1, 0.15) is 39.0 Å². The smallest absolute Gasteiger partial charge is 0.182 e. The maximum Gasteiger partial charge on any atom is 0.182 e. The van der Waals surface area contributed by atoms with Crippen molar-refractivity contribution in [3.8, 4) is 0 Å². The third-order valence-electron chi connectivity index (χ3n) is 2.74. The number of carbonyl (C=O) groups excluding carboxylic acids is 2. The first kappa shape index (κ1) is 20.6. The summed E-state index contributed by atoms with van der Waals surface area (Å²) in [5.41, 5.74) is 6.56. The van der Waals surface area contributed by atoms with Gasteiger partial charge in [0, 0.05) is 5.70 Å². The lowest BCUT2D eigenvalue weighted by Crippen LogP contribution is -2.02. The molecule has 0 aromatic rings. The first-order valence-corrected chi connectivity index (χ1v) is 6.73. The van der Waals surface area contributed by atoms with Gasteiger partial charge in [-0.05, 0) is 37.8 Å². The molecule has 6 N–H and O–H groups in total. The van der Waals surface area contributed by atoms with Gasteiger partial charge in [0.2, 0.25) is 0 Å². The van der Waals surface area contributed by atoms with Gasteiger partial charge in [0.05, 0.1) is 0 Å². The van der Waals surface area contributed by atoms with Crippen LogP contribution >= 0.6 is 0 Å². The highest BCUT2D eigenvalue weighted by Gasteiger charge is 2.08. The summed E-state index contributed by atoms with van der Waals surface area (Å²) in [4.78, 5) is 17.6. The molecule has 0 aliphatic heterocycles. The van der Waals surface area contributed by atoms with Crippen LogP contribution in [-0.2, 0) is 9.59 Å². The van der Waals surface area contributed by atoms with Crippen molar-refractivity contribution in [1.29, 1.82) is 0 Å². The number of allylic oxidation sites excluding steroid dienone is 5. The summed E-state index contributed by atoms with van der Waals surface area (Å²) in [6.07, 6.45) is 17.6. The molecular formula is C15H27N3O2. The lowest BCUT2D eigenvalue weighted by molar-refractivity contribution is -0.122. The van der Waals surface area contributed by atoms with Crippen molar-refractivity contribution >= 4 is 12.6 Å². The molecule has 1 aliphatic rings. The third kappa shape index (κ3) is 14.3. The zero-order chi connectivity index (χ0) is 15.6. The van der Waals surface area contributed by atoms with Crippen LogP contribution in [0.3, 0.4) is 0 Å². The molecule has 1 fully saturated rings. The summed E-state index contributed by atoms with van der Waals surface area (Å²) in [6, 6.07) is 0. The minimum Gasteiger partial charge on any atom is -0.399 e. The molecule has 0 unspecified atom stereocenters. The summed E-state index contributed by atoms with van der Waals surface area (Å²) in [5.74, 6) is 8.79. The number of nitrogens with two attached hydrogens (primary N) is 3. The van der Waals surface area contributed by atoms with Crippen LogP contribution in [0.15, 0.2) is 36.1 Å². The zero-order valence-corrected chi connectivity index (χ0v) is 12.2. The molecule has 114 valence electrons. The van der Waals surface area contributed by atoms with Crippen molar-refractivity contribution in [2.24, 2.45) is 23.3 Å². The van der Waals surface area contributed by atoms with Gasteiger partial charge in [0.25, 0.3) is 0 Å². The molecule has 0 aromatic carbocycles. The highest BCUT2D eigenvalue weighted by Crippen LogP contribution is 2.24. The average molecular weight is 281 g/mol. The molecule has 1 saturated carbocycles. The third-order valence-corrected chi connectivity index (χ3v) is 2.74. The standard InChI is InChI=1S/C13H21N.C2H2O2.H4N2/c1-2-7-13(14)11-6-10-12-8-4-3-5-9-12;3-1-2-4;1-2/h2,6-7,10-12H,3-5,8-9,14H2,1H3;1-2H;1-2H2/b7-2-,10-6+,13-11+;;. The number of hydrogen-bond donors (Lipinski definition) is 3. The van der Waals surface area contributed by atoms with Crippen molar-refractivity contribution in [2.45, 2.75) is 39.0 Å². The number of aldehydes is 2. The highest BCUT2D eigenvalue weighted by atomic mass is 16.2. The van der Waals surface area contributed by atoms with E-state index >= 15 is 0 Å². The molecule has 0 radical (unpaired) electrons. The Morgan fingerprint density at radius 2 is 1.60 bits per heavy atom. The van der Waals surface area contributed by atoms with E-state index in [-0.39, 0.29) is 12.6 Å². The van der Waals surface area contributed by atoms with E-state index in [1.807, 2.05) is 25.2 Å². The van der Waals surface area contributed by atoms with E-state index < -0.39 is 0 Å². The van der Waals surface area contributed by atoms with Crippen LogP contribution in [0.4, 0.5) is 0 Å². The van der Waals surface area contributed by atoms with Gasteiger partial charge in [-0.3, -0.25) is 21.3 Å². The van der Waals surface area contributed by atoms with Crippen molar-refractivity contribution in [2.75, 3.05) is 0 Å². The first-order chi connectivity index (χ1) is 9.74. The van der Waals surface area contributed by atoms with Gasteiger partial charge in [-0.1, -0.05) is 37.5 Å².